The highest BCUT2D eigenvalue weighted by molar-refractivity contribution is 5.91. The quantitative estimate of drug-likeness (QED) is 0.197. The van der Waals surface area contributed by atoms with Gasteiger partial charge in [-0.15, -0.1) is 0 Å². The highest BCUT2D eigenvalue weighted by atomic mass is 19.1. The number of anilines is 1. The lowest BCUT2D eigenvalue weighted by atomic mass is 10.1. The molecule has 3 aromatic carbocycles. The fraction of sp³-hybridized carbons (Fsp3) is 0.0357. The highest BCUT2D eigenvalue weighted by Gasteiger charge is 2.13. The number of benzene rings is 3. The average Bonchev–Trinajstić information content (AvgIpc) is 3.36. The fourth-order valence-electron chi connectivity index (χ4n) is 4.12. The zero-order chi connectivity index (χ0) is 28.4. The van der Waals surface area contributed by atoms with Crippen LogP contribution in [0.2, 0.25) is 0 Å². The molecule has 5 aromatic rings. The third-order valence-corrected chi connectivity index (χ3v) is 6.05. The van der Waals surface area contributed by atoms with Gasteiger partial charge in [0.2, 0.25) is 0 Å². The van der Waals surface area contributed by atoms with Crippen molar-refractivity contribution in [3.8, 4) is 11.3 Å². The van der Waals surface area contributed by atoms with Crippen LogP contribution in [-0.4, -0.2) is 37.8 Å². The highest BCUT2D eigenvalue weighted by Crippen LogP contribution is 2.24. The van der Waals surface area contributed by atoms with Crippen LogP contribution in [0, 0.1) is 11.6 Å². The predicted molar refractivity (Wildman–Crippen MR) is 147 cm³/mol. The molecule has 5 rings (SSSR count). The molecule has 200 valence electrons. The van der Waals surface area contributed by atoms with Gasteiger partial charge in [0, 0.05) is 29.8 Å². The molecule has 0 aliphatic carbocycles. The molecule has 0 saturated heterocycles. The third-order valence-electron chi connectivity index (χ3n) is 6.05. The van der Waals surface area contributed by atoms with Gasteiger partial charge in [0.05, 0.1) is 40.9 Å². The van der Waals surface area contributed by atoms with Gasteiger partial charge in [-0.3, -0.25) is 9.89 Å². The number of nitrogens with zero attached hydrogens (tertiary/aromatic N) is 5. The number of carbonyl (C=O) groups is 1. The van der Waals surface area contributed by atoms with Crippen LogP contribution in [0.15, 0.2) is 88.9 Å². The summed E-state index contributed by atoms with van der Waals surface area (Å²) < 4.78 is 28.6. The van der Waals surface area contributed by atoms with E-state index in [2.05, 4.69) is 27.1 Å². The zero-order valence-electron chi connectivity index (χ0n) is 20.8. The van der Waals surface area contributed by atoms with E-state index in [1.165, 1.54) is 40.2 Å². The summed E-state index contributed by atoms with van der Waals surface area (Å²) in [5.41, 5.74) is 9.10. The van der Waals surface area contributed by atoms with E-state index >= 15 is 0 Å². The topological polar surface area (TPSA) is 142 Å². The molecule has 0 unspecified atom stereocenters. The van der Waals surface area contributed by atoms with E-state index in [1.807, 2.05) is 0 Å². The Bertz CT molecular complexity index is 1830. The number of halogens is 2. The van der Waals surface area contributed by atoms with Gasteiger partial charge in [-0.2, -0.15) is 15.3 Å². The van der Waals surface area contributed by atoms with E-state index in [1.54, 1.807) is 30.3 Å². The van der Waals surface area contributed by atoms with Crippen LogP contribution in [0.25, 0.3) is 27.9 Å². The summed E-state index contributed by atoms with van der Waals surface area (Å²) in [6.45, 7) is 3.62. The van der Waals surface area contributed by atoms with Crippen LogP contribution in [0.5, 0.6) is 0 Å². The molecule has 0 amide bonds. The Kier molecular flexibility index (Phi) is 6.89. The van der Waals surface area contributed by atoms with Gasteiger partial charge < -0.3 is 10.8 Å². The van der Waals surface area contributed by atoms with Crippen molar-refractivity contribution in [2.75, 3.05) is 5.01 Å². The van der Waals surface area contributed by atoms with Crippen molar-refractivity contribution in [1.29, 1.82) is 0 Å². The van der Waals surface area contributed by atoms with E-state index in [9.17, 15) is 18.4 Å². The Morgan fingerprint density at radius 1 is 1.07 bits per heavy atom. The van der Waals surface area contributed by atoms with E-state index in [4.69, 9.17) is 10.8 Å². The first-order valence-corrected chi connectivity index (χ1v) is 11.8. The number of aromatic nitrogens is 4. The van der Waals surface area contributed by atoms with Crippen molar-refractivity contribution in [3.05, 3.63) is 118 Å². The number of hydrogen-bond donors (Lipinski definition) is 3. The number of aromatic carboxylic acids is 1. The van der Waals surface area contributed by atoms with Crippen molar-refractivity contribution >= 4 is 35.0 Å². The molecule has 0 saturated carbocycles. The van der Waals surface area contributed by atoms with E-state index in [0.717, 1.165) is 18.2 Å². The van der Waals surface area contributed by atoms with Crippen molar-refractivity contribution < 1.29 is 18.7 Å². The standard InChI is InChI=1S/C28H21F2N7O3/c1-32-36(21-5-3-17(4-6-21)28(39)40)15-23(31)27-22-10-16(2-7-25(22)33-34-27)14-37-26(38)9-8-24(35-37)18-11-19(29)13-20(30)12-18/h2-13,15H,1,14,31H2,(H,33,34)(H,39,40)/b23-15-. The van der Waals surface area contributed by atoms with Crippen LogP contribution < -0.4 is 16.3 Å². The number of fused-ring (bicyclic) bond motifs is 1. The van der Waals surface area contributed by atoms with Crippen LogP contribution >= 0.6 is 0 Å². The van der Waals surface area contributed by atoms with Gasteiger partial charge in [0.25, 0.3) is 5.56 Å². The fourth-order valence-corrected chi connectivity index (χ4v) is 4.12. The summed E-state index contributed by atoms with van der Waals surface area (Å²) in [6.07, 6.45) is 1.50. The molecule has 0 aliphatic heterocycles. The van der Waals surface area contributed by atoms with E-state index in [-0.39, 0.29) is 29.1 Å². The molecule has 0 aliphatic rings. The summed E-state index contributed by atoms with van der Waals surface area (Å²) in [5, 5.41) is 26.6. The first-order chi connectivity index (χ1) is 19.2. The molecule has 12 heteroatoms. The van der Waals surface area contributed by atoms with Gasteiger partial charge in [-0.05, 0) is 60.2 Å². The maximum atomic E-state index is 13.7. The molecule has 0 fully saturated rings. The molecular weight excluding hydrogens is 520 g/mol. The van der Waals surface area contributed by atoms with Crippen LogP contribution in [0.4, 0.5) is 14.5 Å². The zero-order valence-corrected chi connectivity index (χ0v) is 20.8. The molecule has 2 aromatic heterocycles. The minimum absolute atomic E-state index is 0.0743. The maximum Gasteiger partial charge on any atom is 0.335 e. The van der Waals surface area contributed by atoms with E-state index in [0.29, 0.717) is 27.8 Å². The van der Waals surface area contributed by atoms with Gasteiger partial charge in [0.1, 0.15) is 17.3 Å². The number of nitrogens with two attached hydrogens (primary N) is 1. The monoisotopic (exact) mass is 541 g/mol. The summed E-state index contributed by atoms with van der Waals surface area (Å²) >= 11 is 0. The van der Waals surface area contributed by atoms with Gasteiger partial charge in [-0.1, -0.05) is 6.07 Å². The number of carboxylic acid groups (broad SMARTS) is 1. The normalized spacial score (nSPS) is 11.5. The molecular formula is C28H21F2N7O3. The Morgan fingerprint density at radius 2 is 1.80 bits per heavy atom. The largest absolute Gasteiger partial charge is 0.478 e. The predicted octanol–water partition coefficient (Wildman–Crippen LogP) is 4.19. The van der Waals surface area contributed by atoms with Gasteiger partial charge in [0.15, 0.2) is 0 Å². The van der Waals surface area contributed by atoms with Crippen molar-refractivity contribution in [2.24, 2.45) is 10.8 Å². The number of H-pyrrole nitrogens is 1. The average molecular weight is 542 g/mol. The molecule has 0 radical (unpaired) electrons. The first-order valence-electron chi connectivity index (χ1n) is 11.8. The lowest BCUT2D eigenvalue weighted by molar-refractivity contribution is 0.0697. The van der Waals surface area contributed by atoms with Crippen LogP contribution in [0.1, 0.15) is 21.6 Å². The lowest BCUT2D eigenvalue weighted by Crippen LogP contribution is -2.22. The van der Waals surface area contributed by atoms with Crippen LogP contribution in [0.3, 0.4) is 0 Å². The Balaban J connectivity index is 1.45. The van der Waals surface area contributed by atoms with Gasteiger partial charge in [-0.25, -0.2) is 23.3 Å². The number of nitrogens with one attached hydrogen (secondary N) is 1. The number of hydrazone groups is 1. The second kappa shape index (κ2) is 10.6. The Morgan fingerprint density at radius 3 is 2.48 bits per heavy atom. The third kappa shape index (κ3) is 5.31. The minimum atomic E-state index is -1.05. The van der Waals surface area contributed by atoms with Crippen molar-refractivity contribution in [1.82, 2.24) is 20.0 Å². The molecule has 0 bridgehead atoms. The second-order valence-corrected chi connectivity index (χ2v) is 8.75. The molecule has 0 spiro atoms. The van der Waals surface area contributed by atoms with Crippen molar-refractivity contribution in [3.63, 3.8) is 0 Å². The molecule has 4 N–H and O–H groups in total. The first kappa shape index (κ1) is 26.0. The van der Waals surface area contributed by atoms with E-state index < -0.39 is 23.2 Å². The summed E-state index contributed by atoms with van der Waals surface area (Å²) in [5.74, 6) is -2.55. The Hall–Kier alpha value is -5.65. The van der Waals surface area contributed by atoms with Crippen molar-refractivity contribution in [2.45, 2.75) is 6.54 Å². The summed E-state index contributed by atoms with van der Waals surface area (Å²) in [4.78, 5) is 23.7. The number of aromatic amines is 1. The number of carboxylic acids is 1. The maximum absolute atomic E-state index is 13.7. The molecule has 10 nitrogen and oxygen atoms in total. The Labute approximate surface area is 225 Å². The summed E-state index contributed by atoms with van der Waals surface area (Å²) in [6, 6.07) is 17.1. The molecule has 40 heavy (non-hydrogen) atoms. The summed E-state index contributed by atoms with van der Waals surface area (Å²) in [7, 11) is 0. The molecule has 2 heterocycles. The minimum Gasteiger partial charge on any atom is -0.478 e. The molecule has 0 atom stereocenters. The number of hydrogen-bond acceptors (Lipinski definition) is 7. The SMILES string of the molecule is C=NN(/C=C(\N)c1n[nH]c2ccc(Cn3nc(-c4cc(F)cc(F)c4)ccc3=O)cc12)c1ccc(C(=O)O)cc1. The lowest BCUT2D eigenvalue weighted by Gasteiger charge is -2.15. The smallest absolute Gasteiger partial charge is 0.335 e. The van der Waals surface area contributed by atoms with Gasteiger partial charge >= 0.3 is 5.97 Å². The van der Waals surface area contributed by atoms with Crippen LogP contribution in [-0.2, 0) is 6.54 Å². The second-order valence-electron chi connectivity index (χ2n) is 8.75. The number of rotatable bonds is 8.